The number of benzene rings is 1. The van der Waals surface area contributed by atoms with Crippen molar-refractivity contribution in [2.24, 2.45) is 5.92 Å². The minimum atomic E-state index is -0.540. The first kappa shape index (κ1) is 17.3. The summed E-state index contributed by atoms with van der Waals surface area (Å²) in [6.45, 7) is 5.91. The Morgan fingerprint density at radius 2 is 1.95 bits per heavy atom. The van der Waals surface area contributed by atoms with E-state index < -0.39 is 5.41 Å². The molecule has 1 fully saturated rings. The van der Waals surface area contributed by atoms with E-state index >= 15 is 0 Å². The molecule has 2 rings (SSSR count). The smallest absolute Gasteiger partial charge is 0.230 e. The highest BCUT2D eigenvalue weighted by Gasteiger charge is 2.37. The summed E-state index contributed by atoms with van der Waals surface area (Å²) in [5, 5.41) is 16.7. The third-order valence-corrected chi connectivity index (χ3v) is 5.12. The summed E-state index contributed by atoms with van der Waals surface area (Å²) >= 11 is 5.96. The average molecular weight is 325 g/mol. The lowest BCUT2D eigenvalue weighted by Gasteiger charge is -2.31. The molecule has 0 aromatic heterocycles. The van der Waals surface area contributed by atoms with Crippen LogP contribution < -0.4 is 10.6 Å². The molecular weight excluding hydrogens is 300 g/mol. The molecule has 1 aromatic rings. The van der Waals surface area contributed by atoms with Gasteiger partial charge in [-0.1, -0.05) is 37.6 Å². The van der Waals surface area contributed by atoms with Gasteiger partial charge in [-0.3, -0.25) is 4.79 Å². The van der Waals surface area contributed by atoms with Crippen LogP contribution in [0.25, 0.3) is 0 Å². The molecule has 4 nitrogen and oxygen atoms in total. The summed E-state index contributed by atoms with van der Waals surface area (Å²) in [4.78, 5) is 12.8. The highest BCUT2D eigenvalue weighted by molar-refractivity contribution is 6.30. The topological polar surface area (TPSA) is 61.4 Å². The molecule has 5 heteroatoms. The predicted molar refractivity (Wildman–Crippen MR) is 89.1 cm³/mol. The van der Waals surface area contributed by atoms with E-state index in [1.165, 1.54) is 0 Å². The van der Waals surface area contributed by atoms with Gasteiger partial charge in [0.05, 0.1) is 11.5 Å². The van der Waals surface area contributed by atoms with Crippen molar-refractivity contribution in [3.8, 4) is 0 Å². The molecular formula is C17H25ClN2O2. The largest absolute Gasteiger partial charge is 0.391 e. The molecule has 1 aliphatic heterocycles. The van der Waals surface area contributed by atoms with Crippen LogP contribution in [0.15, 0.2) is 24.3 Å². The van der Waals surface area contributed by atoms with Gasteiger partial charge < -0.3 is 15.7 Å². The Morgan fingerprint density at radius 3 is 2.45 bits per heavy atom. The van der Waals surface area contributed by atoms with E-state index in [1.807, 2.05) is 38.1 Å². The van der Waals surface area contributed by atoms with Crippen LogP contribution in [0.3, 0.4) is 0 Å². The molecule has 3 N–H and O–H groups in total. The van der Waals surface area contributed by atoms with Gasteiger partial charge in [0, 0.05) is 30.6 Å². The first-order valence-electron chi connectivity index (χ1n) is 7.96. The average Bonchev–Trinajstić information content (AvgIpc) is 2.94. The van der Waals surface area contributed by atoms with Crippen molar-refractivity contribution in [3.05, 3.63) is 34.9 Å². The summed E-state index contributed by atoms with van der Waals surface area (Å²) in [5.41, 5.74) is 0.450. The van der Waals surface area contributed by atoms with Crippen LogP contribution in [0.1, 0.15) is 32.3 Å². The minimum absolute atomic E-state index is 0.0268. The number of rotatable bonds is 6. The number of β-amino-alcohol motifs (C(OH)–C–C–N with tert-alkyl or cyclic N) is 1. The lowest BCUT2D eigenvalue weighted by molar-refractivity contribution is -0.127. The van der Waals surface area contributed by atoms with Gasteiger partial charge in [-0.2, -0.15) is 0 Å². The summed E-state index contributed by atoms with van der Waals surface area (Å²) in [6.07, 6.45) is 1.07. The van der Waals surface area contributed by atoms with Crippen LogP contribution in [0.4, 0.5) is 0 Å². The van der Waals surface area contributed by atoms with Gasteiger partial charge >= 0.3 is 0 Å². The second kappa shape index (κ2) is 7.44. The molecule has 1 amide bonds. The zero-order chi connectivity index (χ0) is 16.2. The predicted octanol–water partition coefficient (Wildman–Crippen LogP) is 2.09. The highest BCUT2D eigenvalue weighted by Crippen LogP contribution is 2.33. The third-order valence-electron chi connectivity index (χ3n) is 4.87. The number of amides is 1. The van der Waals surface area contributed by atoms with Crippen molar-refractivity contribution in [2.75, 3.05) is 19.6 Å². The van der Waals surface area contributed by atoms with Gasteiger partial charge in [-0.25, -0.2) is 0 Å². The third kappa shape index (κ3) is 3.45. The van der Waals surface area contributed by atoms with E-state index in [-0.39, 0.29) is 17.9 Å². The van der Waals surface area contributed by atoms with Crippen molar-refractivity contribution < 1.29 is 9.90 Å². The van der Waals surface area contributed by atoms with Crippen LogP contribution in [-0.4, -0.2) is 36.8 Å². The van der Waals surface area contributed by atoms with Crippen LogP contribution in [0.5, 0.6) is 0 Å². The van der Waals surface area contributed by atoms with Crippen LogP contribution >= 0.6 is 11.6 Å². The second-order valence-electron chi connectivity index (χ2n) is 5.99. The first-order valence-corrected chi connectivity index (χ1v) is 8.34. The summed E-state index contributed by atoms with van der Waals surface area (Å²) in [5.74, 6) is 0.111. The SMILES string of the molecule is CCC(CC)(C(=O)NCC1CNCC1O)c1ccc(Cl)cc1. The number of hydrogen-bond acceptors (Lipinski definition) is 3. The van der Waals surface area contributed by atoms with Gasteiger partial charge in [-0.15, -0.1) is 0 Å². The first-order chi connectivity index (χ1) is 10.5. The summed E-state index contributed by atoms with van der Waals surface area (Å²) in [6, 6.07) is 7.52. The molecule has 1 saturated heterocycles. The van der Waals surface area contributed by atoms with E-state index in [1.54, 1.807) is 0 Å². The number of carbonyl (C=O) groups excluding carboxylic acids is 1. The Kier molecular flexibility index (Phi) is 5.84. The van der Waals surface area contributed by atoms with Gasteiger partial charge in [0.15, 0.2) is 0 Å². The molecule has 0 spiro atoms. The van der Waals surface area contributed by atoms with Crippen molar-refractivity contribution in [1.29, 1.82) is 0 Å². The number of nitrogens with one attached hydrogen (secondary N) is 2. The fourth-order valence-electron chi connectivity index (χ4n) is 3.20. The van der Waals surface area contributed by atoms with E-state index in [4.69, 9.17) is 11.6 Å². The lowest BCUT2D eigenvalue weighted by Crippen LogP contribution is -2.46. The van der Waals surface area contributed by atoms with E-state index in [0.29, 0.717) is 18.1 Å². The molecule has 0 saturated carbocycles. The van der Waals surface area contributed by atoms with E-state index in [9.17, 15) is 9.90 Å². The Hall–Kier alpha value is -1.10. The molecule has 22 heavy (non-hydrogen) atoms. The van der Waals surface area contributed by atoms with Crippen molar-refractivity contribution in [1.82, 2.24) is 10.6 Å². The molecule has 0 radical (unpaired) electrons. The van der Waals surface area contributed by atoms with Gasteiger partial charge in [0.2, 0.25) is 5.91 Å². The summed E-state index contributed by atoms with van der Waals surface area (Å²) < 4.78 is 0. The molecule has 122 valence electrons. The van der Waals surface area contributed by atoms with E-state index in [2.05, 4.69) is 10.6 Å². The maximum atomic E-state index is 12.8. The zero-order valence-electron chi connectivity index (χ0n) is 13.2. The standard InChI is InChI=1S/C17H25ClN2O2/c1-3-17(4-2,13-5-7-14(18)8-6-13)16(22)20-10-12-9-19-11-15(12)21/h5-8,12,15,19,21H,3-4,9-11H2,1-2H3,(H,20,22). The minimum Gasteiger partial charge on any atom is -0.391 e. The van der Waals surface area contributed by atoms with Crippen molar-refractivity contribution in [2.45, 2.75) is 38.2 Å². The molecule has 0 aliphatic carbocycles. The van der Waals surface area contributed by atoms with Gasteiger partial charge in [0.25, 0.3) is 0 Å². The Labute approximate surface area is 137 Å². The van der Waals surface area contributed by atoms with Crippen molar-refractivity contribution in [3.63, 3.8) is 0 Å². The number of hydrogen-bond donors (Lipinski definition) is 3. The maximum absolute atomic E-state index is 12.8. The lowest BCUT2D eigenvalue weighted by atomic mass is 9.75. The molecule has 2 unspecified atom stereocenters. The molecule has 1 aliphatic rings. The normalized spacial score (nSPS) is 21.8. The molecule has 1 heterocycles. The number of aliphatic hydroxyl groups is 1. The molecule has 0 bridgehead atoms. The zero-order valence-corrected chi connectivity index (χ0v) is 14.0. The Balaban J connectivity index is 2.12. The van der Waals surface area contributed by atoms with Gasteiger partial charge in [-0.05, 0) is 30.5 Å². The van der Waals surface area contributed by atoms with Crippen molar-refractivity contribution >= 4 is 17.5 Å². The number of aliphatic hydroxyl groups excluding tert-OH is 1. The molecule has 2 atom stereocenters. The van der Waals surface area contributed by atoms with Crippen LogP contribution in [0, 0.1) is 5.92 Å². The summed E-state index contributed by atoms with van der Waals surface area (Å²) in [7, 11) is 0. The Morgan fingerprint density at radius 1 is 1.32 bits per heavy atom. The maximum Gasteiger partial charge on any atom is 0.230 e. The molecule has 1 aromatic carbocycles. The second-order valence-corrected chi connectivity index (χ2v) is 6.43. The fourth-order valence-corrected chi connectivity index (χ4v) is 3.33. The monoisotopic (exact) mass is 324 g/mol. The van der Waals surface area contributed by atoms with Crippen LogP contribution in [0.2, 0.25) is 5.02 Å². The quantitative estimate of drug-likeness (QED) is 0.751. The van der Waals surface area contributed by atoms with Crippen LogP contribution in [-0.2, 0) is 10.2 Å². The fraction of sp³-hybridized carbons (Fsp3) is 0.588. The number of carbonyl (C=O) groups is 1. The van der Waals surface area contributed by atoms with Gasteiger partial charge in [0.1, 0.15) is 0 Å². The highest BCUT2D eigenvalue weighted by atomic mass is 35.5. The van der Waals surface area contributed by atoms with E-state index in [0.717, 1.165) is 24.9 Å². The number of halogens is 1. The Bertz CT molecular complexity index is 500.